The standard InChI is InChI=1S/C17H24N2/c1-4-15-8-10-16(11-9-15)13-19-12-6-7-17(19)14(3)18-5-2/h6-12,14,18H,4-5,13H2,1-3H3. The molecule has 102 valence electrons. The molecular formula is C17H24N2. The van der Waals surface area contributed by atoms with Crippen molar-refractivity contribution in [3.05, 3.63) is 59.4 Å². The summed E-state index contributed by atoms with van der Waals surface area (Å²) in [4.78, 5) is 0. The topological polar surface area (TPSA) is 17.0 Å². The van der Waals surface area contributed by atoms with Crippen molar-refractivity contribution in [3.63, 3.8) is 0 Å². The van der Waals surface area contributed by atoms with Crippen LogP contribution in [0.25, 0.3) is 0 Å². The van der Waals surface area contributed by atoms with Crippen LogP contribution < -0.4 is 5.32 Å². The first-order valence-corrected chi connectivity index (χ1v) is 7.20. The van der Waals surface area contributed by atoms with E-state index < -0.39 is 0 Å². The van der Waals surface area contributed by atoms with Gasteiger partial charge in [-0.25, -0.2) is 0 Å². The zero-order chi connectivity index (χ0) is 13.7. The summed E-state index contributed by atoms with van der Waals surface area (Å²) in [5.41, 5.74) is 4.11. The van der Waals surface area contributed by atoms with E-state index in [4.69, 9.17) is 0 Å². The van der Waals surface area contributed by atoms with E-state index in [1.165, 1.54) is 16.8 Å². The average Bonchev–Trinajstić information content (AvgIpc) is 2.88. The van der Waals surface area contributed by atoms with Crippen molar-refractivity contribution in [3.8, 4) is 0 Å². The van der Waals surface area contributed by atoms with Crippen LogP contribution in [-0.4, -0.2) is 11.1 Å². The molecule has 1 heterocycles. The van der Waals surface area contributed by atoms with Gasteiger partial charge in [-0.15, -0.1) is 0 Å². The maximum absolute atomic E-state index is 3.47. The fourth-order valence-electron chi connectivity index (χ4n) is 2.45. The van der Waals surface area contributed by atoms with Crippen LogP contribution in [0.5, 0.6) is 0 Å². The summed E-state index contributed by atoms with van der Waals surface area (Å²) in [7, 11) is 0. The van der Waals surface area contributed by atoms with Gasteiger partial charge in [-0.2, -0.15) is 0 Å². The SMILES string of the molecule is CCNC(C)c1cccn1Cc1ccc(CC)cc1. The van der Waals surface area contributed by atoms with Gasteiger partial charge in [0.15, 0.2) is 0 Å². The zero-order valence-corrected chi connectivity index (χ0v) is 12.2. The highest BCUT2D eigenvalue weighted by Gasteiger charge is 2.08. The van der Waals surface area contributed by atoms with E-state index in [-0.39, 0.29) is 0 Å². The predicted octanol–water partition coefficient (Wildman–Crippen LogP) is 3.77. The summed E-state index contributed by atoms with van der Waals surface area (Å²) in [5, 5.41) is 3.47. The molecule has 19 heavy (non-hydrogen) atoms. The molecule has 0 amide bonds. The van der Waals surface area contributed by atoms with E-state index in [0.29, 0.717) is 6.04 Å². The second-order valence-electron chi connectivity index (χ2n) is 5.01. The Balaban J connectivity index is 2.12. The van der Waals surface area contributed by atoms with Gasteiger partial charge >= 0.3 is 0 Å². The van der Waals surface area contributed by atoms with Gasteiger partial charge in [0.25, 0.3) is 0 Å². The van der Waals surface area contributed by atoms with Crippen molar-refractivity contribution in [1.29, 1.82) is 0 Å². The summed E-state index contributed by atoms with van der Waals surface area (Å²) < 4.78 is 2.33. The molecule has 2 aromatic rings. The van der Waals surface area contributed by atoms with Crippen molar-refractivity contribution in [1.82, 2.24) is 9.88 Å². The van der Waals surface area contributed by atoms with Crippen LogP contribution in [0, 0.1) is 0 Å². The summed E-state index contributed by atoms with van der Waals surface area (Å²) in [6.07, 6.45) is 3.27. The summed E-state index contributed by atoms with van der Waals surface area (Å²) in [6.45, 7) is 8.50. The van der Waals surface area contributed by atoms with Crippen LogP contribution in [0.15, 0.2) is 42.6 Å². The normalized spacial score (nSPS) is 12.6. The molecule has 1 aromatic carbocycles. The summed E-state index contributed by atoms with van der Waals surface area (Å²) in [6, 6.07) is 13.7. The highest BCUT2D eigenvalue weighted by atomic mass is 15.0. The molecule has 2 nitrogen and oxygen atoms in total. The number of rotatable bonds is 6. The third kappa shape index (κ3) is 3.48. The largest absolute Gasteiger partial charge is 0.346 e. The first-order valence-electron chi connectivity index (χ1n) is 7.20. The number of nitrogens with one attached hydrogen (secondary N) is 1. The Hall–Kier alpha value is -1.54. The van der Waals surface area contributed by atoms with Gasteiger partial charge in [-0.1, -0.05) is 38.1 Å². The van der Waals surface area contributed by atoms with Crippen LogP contribution in [0.2, 0.25) is 0 Å². The highest BCUT2D eigenvalue weighted by molar-refractivity contribution is 5.24. The van der Waals surface area contributed by atoms with Crippen LogP contribution in [-0.2, 0) is 13.0 Å². The predicted molar refractivity (Wildman–Crippen MR) is 81.4 cm³/mol. The van der Waals surface area contributed by atoms with E-state index in [2.05, 4.69) is 73.3 Å². The van der Waals surface area contributed by atoms with Crippen LogP contribution >= 0.6 is 0 Å². The lowest BCUT2D eigenvalue weighted by Gasteiger charge is -2.16. The maximum Gasteiger partial charge on any atom is 0.0473 e. The number of aryl methyl sites for hydroxylation is 1. The first-order chi connectivity index (χ1) is 9.24. The molecule has 2 rings (SSSR count). The molecule has 0 bridgehead atoms. The molecular weight excluding hydrogens is 232 g/mol. The smallest absolute Gasteiger partial charge is 0.0473 e. The summed E-state index contributed by atoms with van der Waals surface area (Å²) >= 11 is 0. The van der Waals surface area contributed by atoms with E-state index in [1.54, 1.807) is 0 Å². The number of aromatic nitrogens is 1. The zero-order valence-electron chi connectivity index (χ0n) is 12.2. The van der Waals surface area contributed by atoms with Crippen molar-refractivity contribution in [2.24, 2.45) is 0 Å². The molecule has 1 N–H and O–H groups in total. The van der Waals surface area contributed by atoms with Crippen LogP contribution in [0.4, 0.5) is 0 Å². The third-order valence-electron chi connectivity index (χ3n) is 3.60. The van der Waals surface area contributed by atoms with Crippen molar-refractivity contribution in [2.45, 2.75) is 39.8 Å². The molecule has 0 aliphatic heterocycles. The van der Waals surface area contributed by atoms with Gasteiger partial charge in [0.05, 0.1) is 0 Å². The molecule has 1 aromatic heterocycles. The highest BCUT2D eigenvalue weighted by Crippen LogP contribution is 2.15. The van der Waals surface area contributed by atoms with Crippen LogP contribution in [0.3, 0.4) is 0 Å². The van der Waals surface area contributed by atoms with Crippen molar-refractivity contribution < 1.29 is 0 Å². The average molecular weight is 256 g/mol. The number of hydrogen-bond acceptors (Lipinski definition) is 1. The minimum Gasteiger partial charge on any atom is -0.346 e. The van der Waals surface area contributed by atoms with Gasteiger partial charge in [-0.3, -0.25) is 0 Å². The van der Waals surface area contributed by atoms with Gasteiger partial charge in [-0.05, 0) is 43.1 Å². The van der Waals surface area contributed by atoms with Gasteiger partial charge in [0.1, 0.15) is 0 Å². The second-order valence-corrected chi connectivity index (χ2v) is 5.01. The molecule has 0 spiro atoms. The number of benzene rings is 1. The molecule has 2 heteroatoms. The molecule has 0 saturated heterocycles. The quantitative estimate of drug-likeness (QED) is 0.832. The lowest BCUT2D eigenvalue weighted by atomic mass is 10.1. The number of hydrogen-bond donors (Lipinski definition) is 1. The molecule has 0 fully saturated rings. The first kappa shape index (κ1) is 13.9. The van der Waals surface area contributed by atoms with E-state index in [0.717, 1.165) is 19.5 Å². The molecule has 0 radical (unpaired) electrons. The fraction of sp³-hybridized carbons (Fsp3) is 0.412. The minimum atomic E-state index is 0.398. The van der Waals surface area contributed by atoms with Gasteiger partial charge in [0, 0.05) is 24.5 Å². The Morgan fingerprint density at radius 3 is 2.37 bits per heavy atom. The molecule has 1 unspecified atom stereocenters. The van der Waals surface area contributed by atoms with Crippen LogP contribution in [0.1, 0.15) is 43.6 Å². The molecule has 0 aliphatic rings. The Morgan fingerprint density at radius 1 is 1.05 bits per heavy atom. The Labute approximate surface area is 116 Å². The maximum atomic E-state index is 3.47. The Kier molecular flexibility index (Phi) is 4.80. The second kappa shape index (κ2) is 6.58. The van der Waals surface area contributed by atoms with E-state index in [9.17, 15) is 0 Å². The summed E-state index contributed by atoms with van der Waals surface area (Å²) in [5.74, 6) is 0. The lowest BCUT2D eigenvalue weighted by Crippen LogP contribution is -2.20. The fourth-order valence-corrected chi connectivity index (χ4v) is 2.45. The minimum absolute atomic E-state index is 0.398. The van der Waals surface area contributed by atoms with E-state index in [1.807, 2.05) is 0 Å². The van der Waals surface area contributed by atoms with Crippen molar-refractivity contribution >= 4 is 0 Å². The van der Waals surface area contributed by atoms with E-state index >= 15 is 0 Å². The molecule has 1 atom stereocenters. The molecule has 0 aliphatic carbocycles. The van der Waals surface area contributed by atoms with Gasteiger partial charge < -0.3 is 9.88 Å². The van der Waals surface area contributed by atoms with Crippen molar-refractivity contribution in [2.75, 3.05) is 6.54 Å². The monoisotopic (exact) mass is 256 g/mol. The van der Waals surface area contributed by atoms with Gasteiger partial charge in [0.2, 0.25) is 0 Å². The molecule has 0 saturated carbocycles. The third-order valence-corrected chi connectivity index (χ3v) is 3.60. The number of nitrogens with zero attached hydrogens (tertiary/aromatic N) is 1. The Morgan fingerprint density at radius 2 is 1.74 bits per heavy atom. The Bertz CT molecular complexity index is 496. The lowest BCUT2D eigenvalue weighted by molar-refractivity contribution is 0.553.